The number of nitrogens with zero attached hydrogens (tertiary/aromatic N) is 6. The van der Waals surface area contributed by atoms with E-state index in [0.29, 0.717) is 23.8 Å². The van der Waals surface area contributed by atoms with Gasteiger partial charge in [-0.1, -0.05) is 11.6 Å². The van der Waals surface area contributed by atoms with Crippen LogP contribution in [-0.4, -0.2) is 42.3 Å². The summed E-state index contributed by atoms with van der Waals surface area (Å²) < 4.78 is 2.97. The average molecular weight is 341 g/mol. The van der Waals surface area contributed by atoms with Crippen molar-refractivity contribution in [2.24, 2.45) is 0 Å². The molecule has 9 nitrogen and oxygen atoms in total. The van der Waals surface area contributed by atoms with E-state index in [-0.39, 0.29) is 17.9 Å². The minimum Gasteiger partial charge on any atom is -0.334 e. The molecule has 10 heteroatoms. The minimum absolute atomic E-state index is 0.0500. The van der Waals surface area contributed by atoms with Gasteiger partial charge in [0.2, 0.25) is 5.69 Å². The lowest BCUT2D eigenvalue weighted by Gasteiger charge is -2.16. The molecule has 2 heterocycles. The van der Waals surface area contributed by atoms with Crippen LogP contribution in [0.1, 0.15) is 30.0 Å². The standard InChI is InChI=1S/C13H17ClN6O3/c1-4-18-7-9(14)10(16-18)8-17(3)13(21)12-11(20(22)23)6-15-19(12)5-2/h6-7H,4-5,8H2,1-3H3. The zero-order chi connectivity index (χ0) is 17.1. The van der Waals surface area contributed by atoms with Crippen LogP contribution in [0.15, 0.2) is 12.4 Å². The second-order valence-electron chi connectivity index (χ2n) is 4.89. The Hall–Kier alpha value is -2.42. The van der Waals surface area contributed by atoms with Crippen molar-refractivity contribution in [3.05, 3.63) is 38.9 Å². The molecule has 0 saturated carbocycles. The van der Waals surface area contributed by atoms with Crippen molar-refractivity contribution < 1.29 is 9.72 Å². The van der Waals surface area contributed by atoms with E-state index < -0.39 is 10.8 Å². The van der Waals surface area contributed by atoms with Crippen LogP contribution in [0.5, 0.6) is 0 Å². The largest absolute Gasteiger partial charge is 0.334 e. The van der Waals surface area contributed by atoms with E-state index in [1.807, 2.05) is 6.92 Å². The van der Waals surface area contributed by atoms with Crippen LogP contribution in [0.2, 0.25) is 5.02 Å². The summed E-state index contributed by atoms with van der Waals surface area (Å²) in [5.41, 5.74) is 0.175. The van der Waals surface area contributed by atoms with Gasteiger partial charge in [-0.2, -0.15) is 10.2 Å². The van der Waals surface area contributed by atoms with E-state index in [2.05, 4.69) is 10.2 Å². The van der Waals surface area contributed by atoms with Gasteiger partial charge in [-0.05, 0) is 13.8 Å². The van der Waals surface area contributed by atoms with Gasteiger partial charge >= 0.3 is 5.69 Å². The number of aryl methyl sites for hydroxylation is 2. The third-order valence-corrected chi connectivity index (χ3v) is 3.68. The molecule has 124 valence electrons. The Balaban J connectivity index is 2.27. The number of amides is 1. The molecule has 0 N–H and O–H groups in total. The summed E-state index contributed by atoms with van der Waals surface area (Å²) in [5.74, 6) is -0.502. The number of hydrogen-bond acceptors (Lipinski definition) is 5. The molecular weight excluding hydrogens is 324 g/mol. The monoisotopic (exact) mass is 340 g/mol. The number of halogens is 1. The van der Waals surface area contributed by atoms with Gasteiger partial charge in [0, 0.05) is 26.3 Å². The van der Waals surface area contributed by atoms with Gasteiger partial charge in [-0.3, -0.25) is 24.3 Å². The maximum atomic E-state index is 12.6. The highest BCUT2D eigenvalue weighted by Gasteiger charge is 2.29. The molecule has 0 fully saturated rings. The van der Waals surface area contributed by atoms with Gasteiger partial charge < -0.3 is 4.90 Å². The van der Waals surface area contributed by atoms with Crippen molar-refractivity contribution in [2.45, 2.75) is 33.5 Å². The predicted molar refractivity (Wildman–Crippen MR) is 83.3 cm³/mol. The summed E-state index contributed by atoms with van der Waals surface area (Å²) in [7, 11) is 1.54. The molecule has 0 saturated heterocycles. The summed E-state index contributed by atoms with van der Waals surface area (Å²) in [5, 5.41) is 19.7. The summed E-state index contributed by atoms with van der Waals surface area (Å²) in [4.78, 5) is 24.4. The molecule has 0 aliphatic rings. The molecule has 1 amide bonds. The molecule has 0 radical (unpaired) electrons. The minimum atomic E-state index is -0.612. The Bertz CT molecular complexity index is 738. The molecule has 0 aromatic carbocycles. The van der Waals surface area contributed by atoms with Crippen molar-refractivity contribution in [3.8, 4) is 0 Å². The summed E-state index contributed by atoms with van der Waals surface area (Å²) >= 11 is 6.09. The molecule has 0 spiro atoms. The lowest BCUT2D eigenvalue weighted by Crippen LogP contribution is -2.29. The predicted octanol–water partition coefficient (Wildman–Crippen LogP) is 1.95. The molecule has 0 unspecified atom stereocenters. The topological polar surface area (TPSA) is 99.1 Å². The third kappa shape index (κ3) is 3.34. The number of hydrogen-bond donors (Lipinski definition) is 0. The first-order chi connectivity index (χ1) is 10.9. The Labute approximate surface area is 137 Å². The van der Waals surface area contributed by atoms with E-state index in [9.17, 15) is 14.9 Å². The van der Waals surface area contributed by atoms with E-state index in [4.69, 9.17) is 11.6 Å². The first-order valence-electron chi connectivity index (χ1n) is 7.06. The summed E-state index contributed by atoms with van der Waals surface area (Å²) in [6.07, 6.45) is 2.76. The summed E-state index contributed by atoms with van der Waals surface area (Å²) in [6, 6.07) is 0. The number of rotatable bonds is 6. The Morgan fingerprint density at radius 1 is 1.43 bits per heavy atom. The SMILES string of the molecule is CCn1cc(Cl)c(CN(C)C(=O)c2c([N+](=O)[O-])cnn2CC)n1. The number of nitro groups is 1. The van der Waals surface area contributed by atoms with Crippen LogP contribution in [0, 0.1) is 10.1 Å². The lowest BCUT2D eigenvalue weighted by molar-refractivity contribution is -0.385. The summed E-state index contributed by atoms with van der Waals surface area (Å²) in [6.45, 7) is 4.84. The third-order valence-electron chi connectivity index (χ3n) is 3.36. The molecule has 0 aliphatic heterocycles. The van der Waals surface area contributed by atoms with Crippen LogP contribution >= 0.6 is 11.6 Å². The fourth-order valence-corrected chi connectivity index (χ4v) is 2.36. The normalized spacial score (nSPS) is 10.8. The molecule has 2 aromatic rings. The first-order valence-corrected chi connectivity index (χ1v) is 7.44. The van der Waals surface area contributed by atoms with Crippen molar-refractivity contribution in [1.82, 2.24) is 24.5 Å². The van der Waals surface area contributed by atoms with Gasteiger partial charge in [-0.15, -0.1) is 0 Å². The Morgan fingerprint density at radius 2 is 2.13 bits per heavy atom. The zero-order valence-corrected chi connectivity index (χ0v) is 13.8. The quantitative estimate of drug-likeness (QED) is 0.591. The van der Waals surface area contributed by atoms with Crippen molar-refractivity contribution in [3.63, 3.8) is 0 Å². The van der Waals surface area contributed by atoms with E-state index in [1.54, 1.807) is 24.9 Å². The maximum Gasteiger partial charge on any atom is 0.320 e. The molecule has 2 aromatic heterocycles. The molecule has 0 aliphatic carbocycles. The van der Waals surface area contributed by atoms with Crippen LogP contribution in [0.3, 0.4) is 0 Å². The highest BCUT2D eigenvalue weighted by molar-refractivity contribution is 6.31. The lowest BCUT2D eigenvalue weighted by atomic mass is 10.3. The van der Waals surface area contributed by atoms with Gasteiger partial charge in [0.05, 0.1) is 16.5 Å². The smallest absolute Gasteiger partial charge is 0.320 e. The first kappa shape index (κ1) is 16.9. The molecular formula is C13H17ClN6O3. The average Bonchev–Trinajstić information content (AvgIpc) is 3.10. The number of aromatic nitrogens is 4. The van der Waals surface area contributed by atoms with Crippen LogP contribution < -0.4 is 0 Å². The van der Waals surface area contributed by atoms with Gasteiger partial charge in [0.25, 0.3) is 5.91 Å². The zero-order valence-electron chi connectivity index (χ0n) is 13.1. The van der Waals surface area contributed by atoms with Gasteiger partial charge in [-0.25, -0.2) is 0 Å². The van der Waals surface area contributed by atoms with E-state index >= 15 is 0 Å². The highest BCUT2D eigenvalue weighted by atomic mass is 35.5. The highest BCUT2D eigenvalue weighted by Crippen LogP contribution is 2.21. The maximum absolute atomic E-state index is 12.6. The Morgan fingerprint density at radius 3 is 2.65 bits per heavy atom. The molecule has 0 bridgehead atoms. The number of carbonyl (C=O) groups is 1. The molecule has 23 heavy (non-hydrogen) atoms. The fourth-order valence-electron chi connectivity index (χ4n) is 2.15. The van der Waals surface area contributed by atoms with Crippen molar-refractivity contribution >= 4 is 23.2 Å². The van der Waals surface area contributed by atoms with Gasteiger partial charge in [0.15, 0.2) is 0 Å². The van der Waals surface area contributed by atoms with E-state index in [0.717, 1.165) is 6.20 Å². The van der Waals surface area contributed by atoms with E-state index in [1.165, 1.54) is 9.58 Å². The molecule has 2 rings (SSSR count). The second kappa shape index (κ2) is 6.78. The van der Waals surface area contributed by atoms with Crippen molar-refractivity contribution in [1.29, 1.82) is 0 Å². The second-order valence-corrected chi connectivity index (χ2v) is 5.30. The van der Waals surface area contributed by atoms with Crippen LogP contribution in [0.4, 0.5) is 5.69 Å². The number of carbonyl (C=O) groups excluding carboxylic acids is 1. The van der Waals surface area contributed by atoms with Crippen molar-refractivity contribution in [2.75, 3.05) is 7.05 Å². The van der Waals surface area contributed by atoms with Crippen LogP contribution in [0.25, 0.3) is 0 Å². The van der Waals surface area contributed by atoms with Gasteiger partial charge in [0.1, 0.15) is 11.9 Å². The Kier molecular flexibility index (Phi) is 4.99. The molecule has 0 atom stereocenters. The van der Waals surface area contributed by atoms with Crippen LogP contribution in [-0.2, 0) is 19.6 Å². The fraction of sp³-hybridized carbons (Fsp3) is 0.462.